The molecule has 0 spiro atoms. The maximum atomic E-state index is 12.1. The lowest BCUT2D eigenvalue weighted by Crippen LogP contribution is -3.09. The molecule has 2 aromatic carbocycles. The van der Waals surface area contributed by atoms with Crippen LogP contribution in [0.1, 0.15) is 48.1 Å². The number of fused-ring (bicyclic) bond motifs is 1. The van der Waals surface area contributed by atoms with Crippen LogP contribution in [-0.2, 0) is 6.54 Å². The van der Waals surface area contributed by atoms with Crippen LogP contribution >= 0.6 is 0 Å². The molecular weight excluding hydrogens is 376 g/mol. The number of para-hydroxylation sites is 1. The first kappa shape index (κ1) is 22.1. The van der Waals surface area contributed by atoms with E-state index in [1.165, 1.54) is 16.0 Å². The van der Waals surface area contributed by atoms with Gasteiger partial charge in [0.05, 0.1) is 26.8 Å². The molecule has 0 saturated heterocycles. The average molecular weight is 411 g/mol. The van der Waals surface area contributed by atoms with Crippen LogP contribution in [0.15, 0.2) is 51.7 Å². The van der Waals surface area contributed by atoms with Gasteiger partial charge in [-0.1, -0.05) is 26.0 Å². The predicted octanol–water partition coefficient (Wildman–Crippen LogP) is 2.18. The van der Waals surface area contributed by atoms with Crippen molar-refractivity contribution in [1.29, 1.82) is 0 Å². The van der Waals surface area contributed by atoms with E-state index < -0.39 is 0 Å². The number of aryl methyl sites for hydroxylation is 1. The van der Waals surface area contributed by atoms with Crippen molar-refractivity contribution in [2.45, 2.75) is 39.3 Å². The fourth-order valence-corrected chi connectivity index (χ4v) is 4.22. The van der Waals surface area contributed by atoms with Gasteiger partial charge in [0.25, 0.3) is 0 Å². The van der Waals surface area contributed by atoms with E-state index in [9.17, 15) is 4.79 Å². The molecule has 3 aromatic rings. The van der Waals surface area contributed by atoms with Gasteiger partial charge in [-0.2, -0.15) is 0 Å². The van der Waals surface area contributed by atoms with Crippen molar-refractivity contribution in [3.63, 3.8) is 0 Å². The normalized spacial score (nSPS) is 12.7. The SMILES string of the molecule is COc1ccccc1[C@H](C[NH2+]Cc1cc(=O)oc2cc(C)c(C(C)C)cc12)[NH+](C)C. The number of nitrogens with two attached hydrogens (primary N) is 1. The molecule has 0 fully saturated rings. The summed E-state index contributed by atoms with van der Waals surface area (Å²) >= 11 is 0. The van der Waals surface area contributed by atoms with Crippen LogP contribution in [0.5, 0.6) is 5.75 Å². The molecule has 1 aromatic heterocycles. The molecule has 3 rings (SSSR count). The largest absolute Gasteiger partial charge is 0.496 e. The van der Waals surface area contributed by atoms with E-state index in [1.807, 2.05) is 18.2 Å². The monoisotopic (exact) mass is 410 g/mol. The number of nitrogens with one attached hydrogen (secondary N) is 1. The van der Waals surface area contributed by atoms with Crippen molar-refractivity contribution in [3.8, 4) is 5.75 Å². The summed E-state index contributed by atoms with van der Waals surface area (Å²) in [7, 11) is 6.04. The molecule has 0 unspecified atom stereocenters. The summed E-state index contributed by atoms with van der Waals surface area (Å²) in [5.74, 6) is 1.34. The van der Waals surface area contributed by atoms with Gasteiger partial charge in [0, 0.05) is 17.0 Å². The minimum atomic E-state index is -0.290. The zero-order valence-corrected chi connectivity index (χ0v) is 18.9. The van der Waals surface area contributed by atoms with Crippen LogP contribution < -0.4 is 20.6 Å². The maximum absolute atomic E-state index is 12.1. The van der Waals surface area contributed by atoms with Gasteiger partial charge in [-0.25, -0.2) is 4.79 Å². The number of hydrogen-bond acceptors (Lipinski definition) is 3. The van der Waals surface area contributed by atoms with Gasteiger partial charge in [-0.15, -0.1) is 0 Å². The Morgan fingerprint density at radius 2 is 1.83 bits per heavy atom. The Labute approximate surface area is 178 Å². The number of quaternary nitrogens is 2. The molecule has 0 aliphatic heterocycles. The molecule has 1 heterocycles. The Morgan fingerprint density at radius 1 is 1.10 bits per heavy atom. The molecule has 0 aliphatic rings. The maximum Gasteiger partial charge on any atom is 0.336 e. The molecule has 0 radical (unpaired) electrons. The van der Waals surface area contributed by atoms with Gasteiger partial charge in [0.1, 0.15) is 24.4 Å². The highest BCUT2D eigenvalue weighted by Gasteiger charge is 2.23. The van der Waals surface area contributed by atoms with Gasteiger partial charge >= 0.3 is 5.63 Å². The molecule has 1 atom stereocenters. The van der Waals surface area contributed by atoms with Gasteiger partial charge in [-0.3, -0.25) is 0 Å². The molecule has 160 valence electrons. The van der Waals surface area contributed by atoms with Crippen LogP contribution in [0.2, 0.25) is 0 Å². The standard InChI is InChI=1S/C25H32N2O3/c1-16(2)20-13-21-18(12-25(28)30-24(21)11-17(20)3)14-26-15-22(27(4)5)19-9-7-8-10-23(19)29-6/h7-13,16,22,26H,14-15H2,1-6H3/p+2/t22-/m0/s1. The highest BCUT2D eigenvalue weighted by atomic mass is 16.5. The Hall–Kier alpha value is -2.63. The molecular formula is C25H34N2O3+2. The molecule has 30 heavy (non-hydrogen) atoms. The van der Waals surface area contributed by atoms with Gasteiger partial charge in [0.2, 0.25) is 0 Å². The van der Waals surface area contributed by atoms with E-state index in [2.05, 4.69) is 58.4 Å². The van der Waals surface area contributed by atoms with Crippen molar-refractivity contribution >= 4 is 11.0 Å². The van der Waals surface area contributed by atoms with Crippen molar-refractivity contribution in [2.24, 2.45) is 0 Å². The highest BCUT2D eigenvalue weighted by molar-refractivity contribution is 5.82. The zero-order chi connectivity index (χ0) is 21.8. The van der Waals surface area contributed by atoms with Crippen molar-refractivity contribution < 1.29 is 19.4 Å². The van der Waals surface area contributed by atoms with Crippen molar-refractivity contribution in [2.75, 3.05) is 27.7 Å². The lowest BCUT2D eigenvalue weighted by molar-refractivity contribution is -0.910. The summed E-state index contributed by atoms with van der Waals surface area (Å²) in [6.07, 6.45) is 0. The summed E-state index contributed by atoms with van der Waals surface area (Å²) in [4.78, 5) is 13.5. The molecule has 0 amide bonds. The van der Waals surface area contributed by atoms with Crippen LogP contribution in [0.3, 0.4) is 0 Å². The first-order valence-corrected chi connectivity index (χ1v) is 10.6. The number of ether oxygens (including phenoxy) is 1. The minimum absolute atomic E-state index is 0.279. The molecule has 5 heteroatoms. The zero-order valence-electron chi connectivity index (χ0n) is 18.9. The summed E-state index contributed by atoms with van der Waals surface area (Å²) in [6.45, 7) is 8.06. The van der Waals surface area contributed by atoms with Gasteiger partial charge in [0.15, 0.2) is 6.04 Å². The topological polar surface area (TPSA) is 60.5 Å². The quantitative estimate of drug-likeness (QED) is 0.560. The molecule has 0 aliphatic carbocycles. The van der Waals surface area contributed by atoms with Crippen LogP contribution in [0.25, 0.3) is 11.0 Å². The van der Waals surface area contributed by atoms with E-state index in [-0.39, 0.29) is 11.7 Å². The third kappa shape index (κ3) is 4.74. The summed E-state index contributed by atoms with van der Waals surface area (Å²) in [6, 6.07) is 14.3. The lowest BCUT2D eigenvalue weighted by Gasteiger charge is -2.22. The smallest absolute Gasteiger partial charge is 0.336 e. The van der Waals surface area contributed by atoms with Crippen LogP contribution in [0, 0.1) is 6.92 Å². The van der Waals surface area contributed by atoms with E-state index >= 15 is 0 Å². The van der Waals surface area contributed by atoms with E-state index in [0.29, 0.717) is 11.5 Å². The number of methoxy groups -OCH3 is 1. The molecule has 0 bridgehead atoms. The Bertz CT molecular complexity index is 1070. The second-order valence-electron chi connectivity index (χ2n) is 8.55. The van der Waals surface area contributed by atoms with Crippen LogP contribution in [0.4, 0.5) is 0 Å². The predicted molar refractivity (Wildman–Crippen MR) is 120 cm³/mol. The highest BCUT2D eigenvalue weighted by Crippen LogP contribution is 2.26. The average Bonchev–Trinajstić information content (AvgIpc) is 2.70. The molecule has 0 saturated carbocycles. The lowest BCUT2D eigenvalue weighted by atomic mass is 9.95. The van der Waals surface area contributed by atoms with Crippen molar-refractivity contribution in [1.82, 2.24) is 0 Å². The fraction of sp³-hybridized carbons (Fsp3) is 0.400. The number of benzene rings is 2. The number of rotatable bonds is 8. The first-order chi connectivity index (χ1) is 14.3. The minimum Gasteiger partial charge on any atom is -0.496 e. The first-order valence-electron chi connectivity index (χ1n) is 10.6. The van der Waals surface area contributed by atoms with Gasteiger partial charge in [-0.05, 0) is 48.2 Å². The van der Waals surface area contributed by atoms with E-state index in [1.54, 1.807) is 13.2 Å². The number of likely N-dealkylation sites (N-methyl/N-ethyl adjacent to an activating group) is 1. The second-order valence-corrected chi connectivity index (χ2v) is 8.55. The van der Waals surface area contributed by atoms with E-state index in [4.69, 9.17) is 9.15 Å². The summed E-state index contributed by atoms with van der Waals surface area (Å²) in [5, 5.41) is 3.30. The summed E-state index contributed by atoms with van der Waals surface area (Å²) < 4.78 is 11.1. The Morgan fingerprint density at radius 3 is 2.50 bits per heavy atom. The second kappa shape index (κ2) is 9.45. The third-order valence-electron chi connectivity index (χ3n) is 5.82. The molecule has 3 N–H and O–H groups in total. The van der Waals surface area contributed by atoms with Gasteiger partial charge < -0.3 is 19.4 Å². The van der Waals surface area contributed by atoms with E-state index in [0.717, 1.165) is 35.4 Å². The Kier molecular flexibility index (Phi) is 6.95. The van der Waals surface area contributed by atoms with Crippen molar-refractivity contribution in [3.05, 3.63) is 75.1 Å². The summed E-state index contributed by atoms with van der Waals surface area (Å²) in [5.41, 5.74) is 5.06. The third-order valence-corrected chi connectivity index (χ3v) is 5.82. The Balaban J connectivity index is 1.87. The fourth-order valence-electron chi connectivity index (χ4n) is 4.22. The molecule has 5 nitrogen and oxygen atoms in total. The number of hydrogen-bond donors (Lipinski definition) is 2. The van der Waals surface area contributed by atoms with Crippen LogP contribution in [-0.4, -0.2) is 27.7 Å².